The lowest BCUT2D eigenvalue weighted by atomic mass is 10.2. The molecule has 0 aliphatic heterocycles. The van der Waals surface area contributed by atoms with Gasteiger partial charge in [0, 0.05) is 6.07 Å². The Morgan fingerprint density at radius 1 is 1.11 bits per heavy atom. The predicted molar refractivity (Wildman–Crippen MR) is 69.2 cm³/mol. The summed E-state index contributed by atoms with van der Waals surface area (Å²) in [5.74, 6) is -0.801. The first-order chi connectivity index (χ1) is 8.56. The molecule has 2 rings (SSSR count). The molecular weight excluding hydrogens is 304 g/mol. The molecule has 2 aromatic carbocycles. The van der Waals surface area contributed by atoms with Gasteiger partial charge in [-0.2, -0.15) is 0 Å². The highest BCUT2D eigenvalue weighted by atomic mass is 79.9. The highest BCUT2D eigenvalue weighted by Gasteiger charge is 2.07. The number of halogens is 3. The van der Waals surface area contributed by atoms with Crippen LogP contribution < -0.4 is 10.5 Å². The van der Waals surface area contributed by atoms with E-state index in [1.165, 1.54) is 12.1 Å². The maximum absolute atomic E-state index is 13.0. The van der Waals surface area contributed by atoms with E-state index in [-0.39, 0.29) is 6.61 Å². The summed E-state index contributed by atoms with van der Waals surface area (Å²) in [5.41, 5.74) is 6.61. The third-order valence-electron chi connectivity index (χ3n) is 2.30. The van der Waals surface area contributed by atoms with Gasteiger partial charge < -0.3 is 10.5 Å². The van der Waals surface area contributed by atoms with Crippen molar-refractivity contribution in [2.45, 2.75) is 6.61 Å². The van der Waals surface area contributed by atoms with Gasteiger partial charge in [0.25, 0.3) is 0 Å². The summed E-state index contributed by atoms with van der Waals surface area (Å²) in [6, 6.07) is 8.49. The number of para-hydroxylation sites is 1. The van der Waals surface area contributed by atoms with E-state index < -0.39 is 11.6 Å². The number of hydrogen-bond acceptors (Lipinski definition) is 2. The molecule has 0 aromatic heterocycles. The largest absolute Gasteiger partial charge is 0.486 e. The molecule has 5 heteroatoms. The summed E-state index contributed by atoms with van der Waals surface area (Å²) in [7, 11) is 0. The van der Waals surface area contributed by atoms with E-state index in [1.54, 1.807) is 18.2 Å². The van der Waals surface area contributed by atoms with E-state index in [9.17, 15) is 8.78 Å². The van der Waals surface area contributed by atoms with Crippen LogP contribution in [-0.4, -0.2) is 0 Å². The molecule has 18 heavy (non-hydrogen) atoms. The first kappa shape index (κ1) is 12.8. The fourth-order valence-corrected chi connectivity index (χ4v) is 2.02. The number of hydrogen-bond donors (Lipinski definition) is 1. The molecule has 94 valence electrons. The average molecular weight is 314 g/mol. The lowest BCUT2D eigenvalue weighted by Gasteiger charge is -2.10. The summed E-state index contributed by atoms with van der Waals surface area (Å²) in [4.78, 5) is 0. The molecular formula is C13H10BrF2NO. The number of anilines is 1. The number of nitrogen functional groups attached to an aromatic ring is 1. The van der Waals surface area contributed by atoms with E-state index in [0.29, 0.717) is 21.5 Å². The molecule has 2 aromatic rings. The standard InChI is InChI=1S/C13H10BrF2NO/c14-11-2-1-3-12(17)13(11)18-7-8-4-9(15)6-10(16)5-8/h1-6H,7,17H2. The highest BCUT2D eigenvalue weighted by Crippen LogP contribution is 2.31. The first-order valence-electron chi connectivity index (χ1n) is 5.18. The predicted octanol–water partition coefficient (Wildman–Crippen LogP) is 3.89. The molecule has 0 aliphatic rings. The first-order valence-corrected chi connectivity index (χ1v) is 5.97. The number of benzene rings is 2. The Hall–Kier alpha value is -1.62. The lowest BCUT2D eigenvalue weighted by molar-refractivity contribution is 0.304. The topological polar surface area (TPSA) is 35.2 Å². The van der Waals surface area contributed by atoms with Gasteiger partial charge in [-0.05, 0) is 45.8 Å². The van der Waals surface area contributed by atoms with Gasteiger partial charge in [0.1, 0.15) is 18.2 Å². The van der Waals surface area contributed by atoms with E-state index in [2.05, 4.69) is 15.9 Å². The Bertz CT molecular complexity index is 534. The van der Waals surface area contributed by atoms with Crippen molar-refractivity contribution in [3.8, 4) is 5.75 Å². The molecule has 0 unspecified atom stereocenters. The molecule has 0 bridgehead atoms. The number of ether oxygens (including phenoxy) is 1. The van der Waals surface area contributed by atoms with Crippen LogP contribution in [0.25, 0.3) is 0 Å². The Morgan fingerprint density at radius 2 is 1.78 bits per heavy atom. The van der Waals surface area contributed by atoms with E-state index in [4.69, 9.17) is 10.5 Å². The molecule has 0 spiro atoms. The minimum atomic E-state index is -0.631. The zero-order valence-electron chi connectivity index (χ0n) is 9.29. The van der Waals surface area contributed by atoms with Crippen molar-refractivity contribution < 1.29 is 13.5 Å². The monoisotopic (exact) mass is 313 g/mol. The minimum Gasteiger partial charge on any atom is -0.486 e. The highest BCUT2D eigenvalue weighted by molar-refractivity contribution is 9.10. The molecule has 0 heterocycles. The minimum absolute atomic E-state index is 0.0431. The van der Waals surface area contributed by atoms with Crippen molar-refractivity contribution in [1.29, 1.82) is 0 Å². The van der Waals surface area contributed by atoms with Gasteiger partial charge in [-0.15, -0.1) is 0 Å². The van der Waals surface area contributed by atoms with Crippen molar-refractivity contribution in [2.75, 3.05) is 5.73 Å². The average Bonchev–Trinajstić information content (AvgIpc) is 2.27. The van der Waals surface area contributed by atoms with Crippen LogP contribution in [0.3, 0.4) is 0 Å². The van der Waals surface area contributed by atoms with Crippen LogP contribution in [-0.2, 0) is 6.61 Å². The fourth-order valence-electron chi connectivity index (χ4n) is 1.53. The molecule has 0 saturated carbocycles. The van der Waals surface area contributed by atoms with Gasteiger partial charge in [0.05, 0.1) is 10.2 Å². The van der Waals surface area contributed by atoms with Gasteiger partial charge in [-0.1, -0.05) is 6.07 Å². The van der Waals surface area contributed by atoms with Crippen LogP contribution >= 0.6 is 15.9 Å². The summed E-state index contributed by atoms with van der Waals surface area (Å²) in [6.07, 6.45) is 0. The van der Waals surface area contributed by atoms with Crippen LogP contribution in [0.1, 0.15) is 5.56 Å². The van der Waals surface area contributed by atoms with E-state index in [0.717, 1.165) is 6.07 Å². The van der Waals surface area contributed by atoms with Crippen molar-refractivity contribution in [1.82, 2.24) is 0 Å². The zero-order chi connectivity index (χ0) is 13.1. The van der Waals surface area contributed by atoms with Crippen LogP contribution in [0.15, 0.2) is 40.9 Å². The van der Waals surface area contributed by atoms with Crippen molar-refractivity contribution in [3.63, 3.8) is 0 Å². The van der Waals surface area contributed by atoms with Gasteiger partial charge in [0.15, 0.2) is 5.75 Å². The van der Waals surface area contributed by atoms with Crippen molar-refractivity contribution in [2.24, 2.45) is 0 Å². The van der Waals surface area contributed by atoms with Crippen molar-refractivity contribution in [3.05, 3.63) is 58.1 Å². The Labute approximate surface area is 112 Å². The van der Waals surface area contributed by atoms with Gasteiger partial charge in [0.2, 0.25) is 0 Å². The number of nitrogens with two attached hydrogens (primary N) is 1. The van der Waals surface area contributed by atoms with E-state index in [1.807, 2.05) is 0 Å². The summed E-state index contributed by atoms with van der Waals surface area (Å²) in [5, 5.41) is 0. The third-order valence-corrected chi connectivity index (χ3v) is 2.93. The van der Waals surface area contributed by atoms with Gasteiger partial charge >= 0.3 is 0 Å². The Kier molecular flexibility index (Phi) is 3.81. The second-order valence-corrected chi connectivity index (χ2v) is 4.58. The molecule has 0 amide bonds. The molecule has 0 fully saturated rings. The third kappa shape index (κ3) is 2.98. The lowest BCUT2D eigenvalue weighted by Crippen LogP contribution is -2.00. The van der Waals surface area contributed by atoms with Crippen LogP contribution in [0, 0.1) is 11.6 Å². The van der Waals surface area contributed by atoms with Crippen LogP contribution in [0.5, 0.6) is 5.75 Å². The number of rotatable bonds is 3. The summed E-state index contributed by atoms with van der Waals surface area (Å²) < 4.78 is 32.1. The quantitative estimate of drug-likeness (QED) is 0.873. The molecule has 0 aliphatic carbocycles. The van der Waals surface area contributed by atoms with Crippen LogP contribution in [0.2, 0.25) is 0 Å². The molecule has 0 radical (unpaired) electrons. The fraction of sp³-hybridized carbons (Fsp3) is 0.0769. The second-order valence-electron chi connectivity index (χ2n) is 3.72. The zero-order valence-corrected chi connectivity index (χ0v) is 10.9. The normalized spacial score (nSPS) is 10.4. The molecule has 0 saturated heterocycles. The smallest absolute Gasteiger partial charge is 0.156 e. The maximum atomic E-state index is 13.0. The Balaban J connectivity index is 2.16. The molecule has 2 N–H and O–H groups in total. The second kappa shape index (κ2) is 5.35. The van der Waals surface area contributed by atoms with Gasteiger partial charge in [-0.25, -0.2) is 8.78 Å². The summed E-state index contributed by atoms with van der Waals surface area (Å²) in [6.45, 7) is 0.0431. The summed E-state index contributed by atoms with van der Waals surface area (Å²) >= 11 is 3.30. The Morgan fingerprint density at radius 3 is 2.39 bits per heavy atom. The van der Waals surface area contributed by atoms with Crippen molar-refractivity contribution >= 4 is 21.6 Å². The van der Waals surface area contributed by atoms with E-state index >= 15 is 0 Å². The molecule has 0 atom stereocenters. The maximum Gasteiger partial charge on any atom is 0.156 e. The van der Waals surface area contributed by atoms with Gasteiger partial charge in [-0.3, -0.25) is 0 Å². The molecule has 2 nitrogen and oxygen atoms in total. The SMILES string of the molecule is Nc1cccc(Br)c1OCc1cc(F)cc(F)c1. The van der Waals surface area contributed by atoms with Crippen LogP contribution in [0.4, 0.5) is 14.5 Å².